The van der Waals surface area contributed by atoms with Crippen LogP contribution in [0.1, 0.15) is 40.2 Å². The summed E-state index contributed by atoms with van der Waals surface area (Å²) in [6.45, 7) is 16.3. The summed E-state index contributed by atoms with van der Waals surface area (Å²) in [5.74, 6) is 6.76. The third-order valence-corrected chi connectivity index (χ3v) is 6.84. The fourth-order valence-electron chi connectivity index (χ4n) is 4.86. The highest BCUT2D eigenvalue weighted by Gasteiger charge is 2.34. The minimum atomic E-state index is -0.516. The molecule has 2 aliphatic heterocycles. The zero-order valence-corrected chi connectivity index (χ0v) is 21.9. The summed E-state index contributed by atoms with van der Waals surface area (Å²) >= 11 is 0. The molecule has 1 amide bonds. The molecule has 190 valence electrons. The van der Waals surface area contributed by atoms with Crippen LogP contribution < -0.4 is 0 Å². The Morgan fingerprint density at radius 1 is 1.17 bits per heavy atom. The van der Waals surface area contributed by atoms with E-state index in [1.54, 1.807) is 0 Å². The van der Waals surface area contributed by atoms with E-state index in [0.717, 1.165) is 51.3 Å². The van der Waals surface area contributed by atoms with E-state index in [2.05, 4.69) is 64.9 Å². The summed E-state index contributed by atoms with van der Waals surface area (Å²) < 4.78 is 11.4. The van der Waals surface area contributed by atoms with Gasteiger partial charge in [0, 0.05) is 48.8 Å². The summed E-state index contributed by atoms with van der Waals surface area (Å²) in [4.78, 5) is 23.1. The highest BCUT2D eigenvalue weighted by molar-refractivity contribution is 5.83. The number of benzene rings is 1. The van der Waals surface area contributed by atoms with Crippen molar-refractivity contribution >= 4 is 17.0 Å². The number of H-pyrrole nitrogens is 1. The van der Waals surface area contributed by atoms with E-state index >= 15 is 0 Å². The van der Waals surface area contributed by atoms with Crippen molar-refractivity contribution in [3.63, 3.8) is 0 Å². The maximum absolute atomic E-state index is 13.1. The van der Waals surface area contributed by atoms with Crippen LogP contribution in [0.4, 0.5) is 4.79 Å². The summed E-state index contributed by atoms with van der Waals surface area (Å²) in [6, 6.07) is 8.34. The minimum absolute atomic E-state index is 0.0242. The molecular weight excluding hydrogens is 440 g/mol. The quantitative estimate of drug-likeness (QED) is 0.676. The fourth-order valence-corrected chi connectivity index (χ4v) is 4.86. The highest BCUT2D eigenvalue weighted by Crippen LogP contribution is 2.24. The van der Waals surface area contributed by atoms with Gasteiger partial charge in [0.1, 0.15) is 5.60 Å². The van der Waals surface area contributed by atoms with Gasteiger partial charge in [-0.15, -0.1) is 0 Å². The first kappa shape index (κ1) is 25.6. The second-order valence-corrected chi connectivity index (χ2v) is 11.3. The number of hydrogen-bond donors (Lipinski definition) is 1. The number of fused-ring (bicyclic) bond motifs is 1. The van der Waals surface area contributed by atoms with Gasteiger partial charge >= 0.3 is 6.09 Å². The largest absolute Gasteiger partial charge is 0.444 e. The predicted octanol–water partition coefficient (Wildman–Crippen LogP) is 3.75. The van der Waals surface area contributed by atoms with Crippen LogP contribution in [0.2, 0.25) is 0 Å². The van der Waals surface area contributed by atoms with Gasteiger partial charge in [0.05, 0.1) is 32.3 Å². The second kappa shape index (κ2) is 10.6. The van der Waals surface area contributed by atoms with Crippen LogP contribution in [0.25, 0.3) is 10.9 Å². The maximum atomic E-state index is 13.1. The Balaban J connectivity index is 1.43. The van der Waals surface area contributed by atoms with E-state index in [0.29, 0.717) is 13.1 Å². The summed E-state index contributed by atoms with van der Waals surface area (Å²) in [5, 5.41) is 1.21. The maximum Gasteiger partial charge on any atom is 0.410 e. The van der Waals surface area contributed by atoms with Crippen LogP contribution >= 0.6 is 0 Å². The molecule has 1 aromatic heterocycles. The van der Waals surface area contributed by atoms with E-state index in [-0.39, 0.29) is 17.7 Å². The van der Waals surface area contributed by atoms with Crippen molar-refractivity contribution in [1.29, 1.82) is 0 Å². The molecule has 2 aliphatic rings. The molecule has 2 aromatic rings. The van der Waals surface area contributed by atoms with Gasteiger partial charge < -0.3 is 19.4 Å². The zero-order chi connectivity index (χ0) is 25.1. The first-order valence-corrected chi connectivity index (χ1v) is 12.7. The number of carbonyl (C=O) groups excluding carboxylic acids is 1. The highest BCUT2D eigenvalue weighted by atomic mass is 16.6. The van der Waals surface area contributed by atoms with Gasteiger partial charge in [0.2, 0.25) is 0 Å². The standard InChI is InChI=1S/C28H40N4O3/c1-27(2,3)35-26(33)32-15-14-30(12-8-9-13-31-16-17-34-21-28(31,4)5)20-23(32)18-22-19-29-25-11-7-6-10-24(22)25/h6-7,10-11,19,23,29H,12-18,20-21H2,1-5H3. The Morgan fingerprint density at radius 2 is 1.94 bits per heavy atom. The van der Waals surface area contributed by atoms with E-state index in [4.69, 9.17) is 9.47 Å². The molecule has 1 unspecified atom stereocenters. The van der Waals surface area contributed by atoms with Crippen molar-refractivity contribution in [1.82, 2.24) is 19.7 Å². The lowest BCUT2D eigenvalue weighted by Gasteiger charge is -2.41. The van der Waals surface area contributed by atoms with E-state index in [1.807, 2.05) is 31.7 Å². The molecule has 7 heteroatoms. The molecule has 1 N–H and O–H groups in total. The summed E-state index contributed by atoms with van der Waals surface area (Å²) in [6.07, 6.45) is 2.61. The molecule has 4 rings (SSSR count). The molecule has 7 nitrogen and oxygen atoms in total. The van der Waals surface area contributed by atoms with E-state index < -0.39 is 5.60 Å². The molecule has 2 saturated heterocycles. The van der Waals surface area contributed by atoms with Crippen LogP contribution in [0.5, 0.6) is 0 Å². The number of hydrogen-bond acceptors (Lipinski definition) is 5. The molecule has 0 saturated carbocycles. The number of aromatic nitrogens is 1. The number of ether oxygens (including phenoxy) is 2. The molecule has 3 heterocycles. The van der Waals surface area contributed by atoms with Crippen LogP contribution in [0.3, 0.4) is 0 Å². The first-order chi connectivity index (χ1) is 16.6. The lowest BCUT2D eigenvalue weighted by molar-refractivity contribution is -0.0440. The average molecular weight is 481 g/mol. The minimum Gasteiger partial charge on any atom is -0.444 e. The molecule has 1 atom stereocenters. The fraction of sp³-hybridized carbons (Fsp3) is 0.607. The topological polar surface area (TPSA) is 61.0 Å². The van der Waals surface area contributed by atoms with Crippen molar-refractivity contribution in [3.8, 4) is 11.8 Å². The molecular formula is C28H40N4O3. The molecule has 1 aromatic carbocycles. The van der Waals surface area contributed by atoms with Crippen molar-refractivity contribution in [2.45, 2.75) is 58.2 Å². The summed E-state index contributed by atoms with van der Waals surface area (Å²) in [7, 11) is 0. The number of piperazine rings is 1. The Kier molecular flexibility index (Phi) is 7.75. The van der Waals surface area contributed by atoms with Crippen LogP contribution in [0.15, 0.2) is 30.5 Å². The van der Waals surface area contributed by atoms with Gasteiger partial charge in [-0.3, -0.25) is 9.80 Å². The third-order valence-electron chi connectivity index (χ3n) is 6.84. The Labute approximate surface area is 209 Å². The van der Waals surface area contributed by atoms with Gasteiger partial charge in [0.25, 0.3) is 0 Å². The van der Waals surface area contributed by atoms with Crippen molar-refractivity contribution in [2.75, 3.05) is 52.5 Å². The number of rotatable bonds is 4. The van der Waals surface area contributed by atoms with Gasteiger partial charge in [-0.2, -0.15) is 0 Å². The Morgan fingerprint density at radius 3 is 2.71 bits per heavy atom. The van der Waals surface area contributed by atoms with Gasteiger partial charge in [-0.25, -0.2) is 4.79 Å². The molecule has 0 bridgehead atoms. The molecule has 0 spiro atoms. The van der Waals surface area contributed by atoms with Crippen molar-refractivity contribution < 1.29 is 14.3 Å². The van der Waals surface area contributed by atoms with Crippen LogP contribution in [0, 0.1) is 11.8 Å². The first-order valence-electron chi connectivity index (χ1n) is 12.7. The Hall–Kier alpha value is -2.53. The number of amides is 1. The monoisotopic (exact) mass is 480 g/mol. The SMILES string of the molecule is CC(C)(C)OC(=O)N1CCN(CC#CCN2CCOCC2(C)C)CC1Cc1c[nH]c2ccccc12. The Bertz CT molecular complexity index is 1080. The molecule has 0 aliphatic carbocycles. The molecule has 2 fully saturated rings. The molecule has 0 radical (unpaired) electrons. The van der Waals surface area contributed by atoms with Crippen LogP contribution in [-0.2, 0) is 15.9 Å². The zero-order valence-electron chi connectivity index (χ0n) is 21.9. The third kappa shape index (κ3) is 6.58. The summed E-state index contributed by atoms with van der Waals surface area (Å²) in [5.41, 5.74) is 1.85. The predicted molar refractivity (Wildman–Crippen MR) is 139 cm³/mol. The normalized spacial score (nSPS) is 21.5. The van der Waals surface area contributed by atoms with E-state index in [9.17, 15) is 4.79 Å². The lowest BCUT2D eigenvalue weighted by Crippen LogP contribution is -2.56. The average Bonchev–Trinajstić information content (AvgIpc) is 3.19. The lowest BCUT2D eigenvalue weighted by atomic mass is 10.0. The van der Waals surface area contributed by atoms with Crippen molar-refractivity contribution in [3.05, 3.63) is 36.0 Å². The smallest absolute Gasteiger partial charge is 0.410 e. The van der Waals surface area contributed by atoms with Crippen molar-refractivity contribution in [2.24, 2.45) is 0 Å². The number of carbonyl (C=O) groups is 1. The number of para-hydroxylation sites is 1. The molecule has 35 heavy (non-hydrogen) atoms. The number of nitrogens with one attached hydrogen (secondary N) is 1. The number of nitrogens with zero attached hydrogens (tertiary/aromatic N) is 3. The van der Waals surface area contributed by atoms with E-state index in [1.165, 1.54) is 10.9 Å². The van der Waals surface area contributed by atoms with Crippen LogP contribution in [-0.4, -0.2) is 95.4 Å². The number of morpholine rings is 1. The number of aromatic amines is 1. The second-order valence-electron chi connectivity index (χ2n) is 11.3. The van der Waals surface area contributed by atoms with Gasteiger partial charge in [-0.05, 0) is 52.7 Å². The van der Waals surface area contributed by atoms with Gasteiger partial charge in [-0.1, -0.05) is 30.0 Å². The van der Waals surface area contributed by atoms with Gasteiger partial charge in [0.15, 0.2) is 0 Å².